The van der Waals surface area contributed by atoms with E-state index in [1.54, 1.807) is 52.7 Å². The van der Waals surface area contributed by atoms with Crippen molar-refractivity contribution >= 4 is 46.7 Å². The number of carbonyl (C=O) groups is 2. The van der Waals surface area contributed by atoms with Crippen LogP contribution in [0.3, 0.4) is 0 Å². The molecule has 2 heterocycles. The number of nitrogens with zero attached hydrogens (tertiary/aromatic N) is 2. The van der Waals surface area contributed by atoms with Crippen molar-refractivity contribution in [1.29, 1.82) is 0 Å². The van der Waals surface area contributed by atoms with Crippen molar-refractivity contribution < 1.29 is 28.5 Å². The van der Waals surface area contributed by atoms with Gasteiger partial charge in [-0.3, -0.25) is 9.59 Å². The zero-order valence-corrected chi connectivity index (χ0v) is 29.6. The lowest BCUT2D eigenvalue weighted by Crippen LogP contribution is -2.67. The zero-order chi connectivity index (χ0) is 36.6. The van der Waals surface area contributed by atoms with Crippen LogP contribution in [-0.2, 0) is 9.59 Å². The van der Waals surface area contributed by atoms with E-state index in [2.05, 4.69) is 10.6 Å². The molecule has 0 radical (unpaired) electrons. The number of thiocarbonyl (C=S) groups is 1. The van der Waals surface area contributed by atoms with E-state index < -0.39 is 29.1 Å². The molecule has 1 aliphatic carbocycles. The number of benzene rings is 4. The highest BCUT2D eigenvalue weighted by molar-refractivity contribution is 7.80. The molecule has 4 aromatic carbocycles. The summed E-state index contributed by atoms with van der Waals surface area (Å²) in [4.78, 5) is 39.8. The van der Waals surface area contributed by atoms with Gasteiger partial charge in [-0.05, 0) is 101 Å². The topological polar surface area (TPSA) is 147 Å². The van der Waals surface area contributed by atoms with Crippen molar-refractivity contribution in [2.24, 2.45) is 5.41 Å². The molecule has 1 aliphatic heterocycles. The number of allylic oxidation sites excluding steroid dienone is 1. The van der Waals surface area contributed by atoms with Gasteiger partial charge in [0.2, 0.25) is 17.8 Å². The van der Waals surface area contributed by atoms with Gasteiger partial charge < -0.3 is 35.3 Å². The van der Waals surface area contributed by atoms with Crippen LogP contribution in [0.4, 0.5) is 5.95 Å². The maximum absolute atomic E-state index is 15.1. The maximum atomic E-state index is 15.1. The molecule has 11 nitrogen and oxygen atoms in total. The summed E-state index contributed by atoms with van der Waals surface area (Å²) in [5, 5.41) is 5.55. The molecule has 1 fully saturated rings. The second-order valence-electron chi connectivity index (χ2n) is 12.3. The Morgan fingerprint density at radius 3 is 1.54 bits per heavy atom. The van der Waals surface area contributed by atoms with Gasteiger partial charge in [-0.2, -0.15) is 0 Å². The molecule has 2 unspecified atom stereocenters. The van der Waals surface area contributed by atoms with Gasteiger partial charge in [0.25, 0.3) is 0 Å². The molecular formula is C40H35N5O6S. The number of carbonyl (C=O) groups excluding carboxylic acids is 2. The molecule has 7 rings (SSSR count). The van der Waals surface area contributed by atoms with E-state index in [-0.39, 0.29) is 11.1 Å². The highest BCUT2D eigenvalue weighted by Crippen LogP contribution is 2.62. The summed E-state index contributed by atoms with van der Waals surface area (Å²) in [5.41, 5.74) is 9.47. The standard InChI is InChI=1S/C40H35N5O6S/c1-48-26-13-5-22(6-14-26)21-30-32(23-7-15-27(49-2)16-8-23)40(36(46)44-39(52)45-37(40)47)33(24-9-17-28(50-3)18-10-24)31-34(42-38(41)43-35(30)31)25-11-19-29(51-4)20-12-25/h5-21,32-33H,1-4H3,(H2,41,42,43)(H2,44,45,46,47,52)/b30-21-. The Labute approximate surface area is 305 Å². The van der Waals surface area contributed by atoms with Crippen molar-refractivity contribution in [3.8, 4) is 34.3 Å². The van der Waals surface area contributed by atoms with Crippen molar-refractivity contribution in [1.82, 2.24) is 20.6 Å². The molecule has 52 heavy (non-hydrogen) atoms. The van der Waals surface area contributed by atoms with Crippen LogP contribution in [0.1, 0.15) is 39.8 Å². The fraction of sp³-hybridized carbons (Fsp3) is 0.175. The number of methoxy groups -OCH3 is 4. The molecule has 0 bridgehead atoms. The summed E-state index contributed by atoms with van der Waals surface area (Å²) in [5.74, 6) is -0.517. The number of fused-ring (bicyclic) bond motifs is 1. The summed E-state index contributed by atoms with van der Waals surface area (Å²) >= 11 is 5.39. The van der Waals surface area contributed by atoms with Crippen LogP contribution in [0.2, 0.25) is 0 Å². The van der Waals surface area contributed by atoms with Gasteiger partial charge in [0.05, 0.1) is 39.8 Å². The Kier molecular flexibility index (Phi) is 9.07. The Morgan fingerprint density at radius 2 is 1.06 bits per heavy atom. The zero-order valence-electron chi connectivity index (χ0n) is 28.8. The van der Waals surface area contributed by atoms with E-state index in [1.165, 1.54) is 0 Å². The Balaban J connectivity index is 1.66. The second-order valence-corrected chi connectivity index (χ2v) is 12.7. The number of nitrogen functional groups attached to an aromatic ring is 1. The minimum absolute atomic E-state index is 0.0156. The molecule has 1 saturated heterocycles. The van der Waals surface area contributed by atoms with Gasteiger partial charge in [0, 0.05) is 23.0 Å². The molecule has 0 saturated carbocycles. The third kappa shape index (κ3) is 5.76. The quantitative estimate of drug-likeness (QED) is 0.134. The van der Waals surface area contributed by atoms with Gasteiger partial charge in [-0.1, -0.05) is 36.4 Å². The molecular weight excluding hydrogens is 679 g/mol. The molecule has 5 aromatic rings. The summed E-state index contributed by atoms with van der Waals surface area (Å²) in [7, 11) is 6.33. The Hall–Kier alpha value is -6.27. The molecule has 2 atom stereocenters. The van der Waals surface area contributed by atoms with Crippen LogP contribution >= 0.6 is 12.2 Å². The predicted octanol–water partition coefficient (Wildman–Crippen LogP) is 5.75. The summed E-state index contributed by atoms with van der Waals surface area (Å²) in [6.07, 6.45) is 1.93. The third-order valence-electron chi connectivity index (χ3n) is 9.65. The van der Waals surface area contributed by atoms with Gasteiger partial charge in [-0.15, -0.1) is 0 Å². The first-order valence-electron chi connectivity index (χ1n) is 16.3. The Morgan fingerprint density at radius 1 is 0.635 bits per heavy atom. The average molecular weight is 714 g/mol. The third-order valence-corrected chi connectivity index (χ3v) is 9.86. The maximum Gasteiger partial charge on any atom is 0.243 e. The highest BCUT2D eigenvalue weighted by Gasteiger charge is 2.65. The molecule has 1 aromatic heterocycles. The first-order valence-corrected chi connectivity index (χ1v) is 16.7. The van der Waals surface area contributed by atoms with Gasteiger partial charge in [-0.25, -0.2) is 9.97 Å². The smallest absolute Gasteiger partial charge is 0.243 e. The fourth-order valence-corrected chi connectivity index (χ4v) is 7.48. The van der Waals surface area contributed by atoms with Crippen LogP contribution in [0.25, 0.3) is 22.9 Å². The van der Waals surface area contributed by atoms with E-state index in [0.717, 1.165) is 5.56 Å². The SMILES string of the molecule is COc1ccc(/C=C2\c3nc(N)nc(-c4ccc(OC)cc4)c3C(c3ccc(OC)cc3)C3(C(=O)NC(=S)NC3=O)C2c2ccc(OC)cc2)cc1. The number of nitrogens with one attached hydrogen (secondary N) is 2. The number of aromatic nitrogens is 2. The number of ether oxygens (including phenoxy) is 4. The number of rotatable bonds is 8. The highest BCUT2D eigenvalue weighted by atomic mass is 32.1. The number of anilines is 1. The molecule has 12 heteroatoms. The first kappa shape index (κ1) is 34.2. The van der Waals surface area contributed by atoms with Crippen molar-refractivity contribution in [2.45, 2.75) is 11.8 Å². The van der Waals surface area contributed by atoms with Crippen molar-refractivity contribution in [2.75, 3.05) is 34.2 Å². The summed E-state index contributed by atoms with van der Waals surface area (Å²) in [6, 6.07) is 29.4. The number of amides is 2. The van der Waals surface area contributed by atoms with Gasteiger partial charge >= 0.3 is 0 Å². The molecule has 2 aliphatic rings. The van der Waals surface area contributed by atoms with Crippen LogP contribution in [0.5, 0.6) is 23.0 Å². The predicted molar refractivity (Wildman–Crippen MR) is 201 cm³/mol. The summed E-state index contributed by atoms with van der Waals surface area (Å²) in [6.45, 7) is 0. The fourth-order valence-electron chi connectivity index (χ4n) is 7.29. The molecule has 1 spiro atoms. The second kappa shape index (κ2) is 13.8. The number of nitrogens with two attached hydrogens (primary N) is 1. The molecule has 4 N–H and O–H groups in total. The lowest BCUT2D eigenvalue weighted by Gasteiger charge is -2.50. The Bertz CT molecular complexity index is 2180. The monoisotopic (exact) mass is 713 g/mol. The molecule has 262 valence electrons. The minimum Gasteiger partial charge on any atom is -0.497 e. The van der Waals surface area contributed by atoms with Gasteiger partial charge in [0.15, 0.2) is 10.5 Å². The number of hydrogen-bond donors (Lipinski definition) is 3. The number of hydrogen-bond acceptors (Lipinski definition) is 10. The normalized spacial score (nSPS) is 18.3. The minimum atomic E-state index is -1.88. The molecule has 2 amide bonds. The van der Waals surface area contributed by atoms with E-state index in [9.17, 15) is 0 Å². The van der Waals surface area contributed by atoms with Crippen LogP contribution in [0.15, 0.2) is 97.1 Å². The van der Waals surface area contributed by atoms with Crippen LogP contribution < -0.4 is 35.3 Å². The van der Waals surface area contributed by atoms with E-state index in [4.69, 9.17) is 46.9 Å². The van der Waals surface area contributed by atoms with E-state index in [1.807, 2.05) is 78.9 Å². The first-order chi connectivity index (χ1) is 25.2. The van der Waals surface area contributed by atoms with Crippen molar-refractivity contribution in [3.63, 3.8) is 0 Å². The van der Waals surface area contributed by atoms with Crippen LogP contribution in [0, 0.1) is 5.41 Å². The van der Waals surface area contributed by atoms with E-state index >= 15 is 9.59 Å². The average Bonchev–Trinajstić information content (AvgIpc) is 3.17. The largest absolute Gasteiger partial charge is 0.497 e. The lowest BCUT2D eigenvalue weighted by molar-refractivity contribution is -0.145. The lowest BCUT2D eigenvalue weighted by atomic mass is 9.52. The van der Waals surface area contributed by atoms with Crippen molar-refractivity contribution in [3.05, 3.63) is 125 Å². The van der Waals surface area contributed by atoms with E-state index in [0.29, 0.717) is 62.2 Å². The van der Waals surface area contributed by atoms with Crippen LogP contribution in [-0.4, -0.2) is 55.3 Å². The van der Waals surface area contributed by atoms with Gasteiger partial charge in [0.1, 0.15) is 23.0 Å². The summed E-state index contributed by atoms with van der Waals surface area (Å²) < 4.78 is 21.9.